The molecule has 0 radical (unpaired) electrons. The second-order valence-corrected chi connectivity index (χ2v) is 9.19. The summed E-state index contributed by atoms with van der Waals surface area (Å²) >= 11 is 1.88. The van der Waals surface area contributed by atoms with Gasteiger partial charge in [-0.3, -0.25) is 9.59 Å². The van der Waals surface area contributed by atoms with E-state index in [1.54, 1.807) is 25.1 Å². The molecule has 1 aromatic heterocycles. The van der Waals surface area contributed by atoms with Crippen molar-refractivity contribution < 1.29 is 14.7 Å². The molecule has 0 fully saturated rings. The fraction of sp³-hybridized carbons (Fsp3) is 0.273. The first-order chi connectivity index (χ1) is 14.7. The number of nitrogens with zero attached hydrogens (tertiary/aromatic N) is 3. The minimum atomic E-state index is -0.547. The molecule has 9 heteroatoms. The van der Waals surface area contributed by atoms with E-state index in [0.29, 0.717) is 20.3 Å². The molecule has 8 nitrogen and oxygen atoms in total. The number of hydrogen-bond acceptors (Lipinski definition) is 5. The Morgan fingerprint density at radius 1 is 1.13 bits per heavy atom. The molecule has 5 rings (SSSR count). The number of benzene rings is 1. The van der Waals surface area contributed by atoms with E-state index < -0.39 is 23.3 Å². The molecule has 0 unspecified atom stereocenters. The third-order valence-electron chi connectivity index (χ3n) is 6.35. The Morgan fingerprint density at radius 2 is 1.87 bits per heavy atom. The van der Waals surface area contributed by atoms with Crippen LogP contribution >= 0.6 is 22.6 Å². The molecule has 2 heterocycles. The minimum absolute atomic E-state index is 0.136. The highest BCUT2D eigenvalue weighted by Gasteiger charge is 2.44. The molecule has 0 spiro atoms. The lowest BCUT2D eigenvalue weighted by Crippen LogP contribution is -2.40. The number of aryl methyl sites for hydroxylation is 1. The fourth-order valence-electron chi connectivity index (χ4n) is 4.81. The third kappa shape index (κ3) is 2.72. The second-order valence-electron chi connectivity index (χ2n) is 8.03. The Labute approximate surface area is 189 Å². The average Bonchev–Trinajstić information content (AvgIpc) is 2.97. The van der Waals surface area contributed by atoms with Crippen LogP contribution in [0.2, 0.25) is 0 Å². The fourth-order valence-corrected chi connectivity index (χ4v) is 5.39. The lowest BCUT2D eigenvalue weighted by Gasteiger charge is -2.39. The Balaban J connectivity index is 1.80. The number of Topliss-reactive ketones (excluding diaryl/α,β-unsaturated/α-hetero) is 1. The van der Waals surface area contributed by atoms with Crippen molar-refractivity contribution in [3.8, 4) is 5.75 Å². The predicted octanol–water partition coefficient (Wildman–Crippen LogP) is 1.80. The van der Waals surface area contributed by atoms with Gasteiger partial charge in [-0.15, -0.1) is 0 Å². The Hall–Kier alpha value is -2.95. The summed E-state index contributed by atoms with van der Waals surface area (Å²) in [6.45, 7) is 1.96. The van der Waals surface area contributed by atoms with E-state index in [9.17, 15) is 24.3 Å². The number of phenols is 1. The molecule has 2 aliphatic carbocycles. The highest BCUT2D eigenvalue weighted by atomic mass is 127. The van der Waals surface area contributed by atoms with Crippen LogP contribution in [0.5, 0.6) is 5.75 Å². The van der Waals surface area contributed by atoms with Crippen molar-refractivity contribution in [3.63, 3.8) is 0 Å². The minimum Gasteiger partial charge on any atom is -0.508 e. The van der Waals surface area contributed by atoms with E-state index >= 15 is 0 Å². The third-order valence-corrected chi connectivity index (χ3v) is 7.15. The van der Waals surface area contributed by atoms with E-state index in [1.165, 1.54) is 22.5 Å². The molecule has 0 saturated heterocycles. The van der Waals surface area contributed by atoms with Crippen molar-refractivity contribution in [3.05, 3.63) is 82.7 Å². The first kappa shape index (κ1) is 20.0. The molecule has 2 aromatic rings. The molecule has 31 heavy (non-hydrogen) atoms. The van der Waals surface area contributed by atoms with Crippen molar-refractivity contribution in [2.45, 2.75) is 31.8 Å². The number of carbonyl (C=O) groups is 2. The molecule has 3 aliphatic rings. The van der Waals surface area contributed by atoms with Gasteiger partial charge in [0.2, 0.25) is 0 Å². The second kappa shape index (κ2) is 6.78. The van der Waals surface area contributed by atoms with E-state index in [1.807, 2.05) is 28.7 Å². The molecular formula is C22H18IN3O5. The summed E-state index contributed by atoms with van der Waals surface area (Å²) in [7, 11) is 1.43. The monoisotopic (exact) mass is 531 g/mol. The Bertz CT molecular complexity index is 1420. The van der Waals surface area contributed by atoms with Crippen molar-refractivity contribution in [1.82, 2.24) is 13.9 Å². The number of hydrogen-bond donors (Lipinski definition) is 1. The maximum absolute atomic E-state index is 13.2. The number of rotatable bonds is 1. The van der Waals surface area contributed by atoms with Gasteiger partial charge in [0.1, 0.15) is 5.75 Å². The summed E-state index contributed by atoms with van der Waals surface area (Å²) < 4.78 is 4.18. The summed E-state index contributed by atoms with van der Waals surface area (Å²) in [4.78, 5) is 51.5. The predicted molar refractivity (Wildman–Crippen MR) is 120 cm³/mol. The first-order valence-electron chi connectivity index (χ1n) is 9.77. The van der Waals surface area contributed by atoms with Gasteiger partial charge in [-0.25, -0.2) is 23.5 Å². The van der Waals surface area contributed by atoms with Crippen LogP contribution in [-0.2, 0) is 23.2 Å². The largest absolute Gasteiger partial charge is 0.508 e. The summed E-state index contributed by atoms with van der Waals surface area (Å²) in [5.41, 5.74) is 2.13. The molecule has 0 amide bonds. The van der Waals surface area contributed by atoms with E-state index in [4.69, 9.17) is 0 Å². The lowest BCUT2D eigenvalue weighted by atomic mass is 9.68. The van der Waals surface area contributed by atoms with Crippen molar-refractivity contribution in [2.24, 2.45) is 7.05 Å². The summed E-state index contributed by atoms with van der Waals surface area (Å²) in [5.74, 6) is -0.855. The van der Waals surface area contributed by atoms with Gasteiger partial charge >= 0.3 is 11.4 Å². The molecule has 1 aromatic carbocycles. The quantitative estimate of drug-likeness (QED) is 0.344. The van der Waals surface area contributed by atoms with Gasteiger partial charge in [-0.05, 0) is 52.3 Å². The van der Waals surface area contributed by atoms with Crippen LogP contribution in [0.15, 0.2) is 60.2 Å². The average molecular weight is 531 g/mol. The molecule has 0 saturated carbocycles. The molecule has 158 valence electrons. The van der Waals surface area contributed by atoms with Crippen molar-refractivity contribution in [1.29, 1.82) is 0 Å². The van der Waals surface area contributed by atoms with Crippen LogP contribution in [0.1, 0.15) is 29.5 Å². The van der Waals surface area contributed by atoms with Crippen LogP contribution in [0, 0.1) is 6.92 Å². The van der Waals surface area contributed by atoms with E-state index in [0.717, 1.165) is 15.7 Å². The van der Waals surface area contributed by atoms with Gasteiger partial charge in [-0.2, -0.15) is 0 Å². The highest BCUT2D eigenvalue weighted by Crippen LogP contribution is 2.50. The number of allylic oxidation sites excluding steroid dienone is 6. The molecule has 0 bridgehead atoms. The number of aromatic nitrogens is 3. The Morgan fingerprint density at radius 3 is 2.58 bits per heavy atom. The normalized spacial score (nSPS) is 22.5. The number of aromatic hydroxyl groups is 1. The molecule has 1 aliphatic heterocycles. The van der Waals surface area contributed by atoms with Gasteiger partial charge in [0, 0.05) is 36.6 Å². The van der Waals surface area contributed by atoms with Gasteiger partial charge in [0.25, 0.3) is 0 Å². The summed E-state index contributed by atoms with van der Waals surface area (Å²) in [5, 5.41) is 10.00. The van der Waals surface area contributed by atoms with Crippen LogP contribution in [0.25, 0.3) is 0 Å². The number of ketones is 2. The molecular weight excluding hydrogens is 513 g/mol. The smallest absolute Gasteiger partial charge is 0.347 e. The van der Waals surface area contributed by atoms with Crippen LogP contribution < -0.4 is 11.4 Å². The zero-order valence-electron chi connectivity index (χ0n) is 16.8. The number of fused-ring (bicyclic) bond motifs is 3. The van der Waals surface area contributed by atoms with Crippen molar-refractivity contribution >= 4 is 34.2 Å². The van der Waals surface area contributed by atoms with Gasteiger partial charge in [0.05, 0.1) is 16.2 Å². The standard InChI is InChI=1S/C22H18IN3O5/c1-10-7-11(3-4-16(10)27)18-12-5-6-25-21(30)24(2)22(31)26(25)15(12)8-13-17(28)9-14(23)20(29)19(13)18/h3-5,7,9,15,18,27H,6,8H2,1-2H3/t15-,18+/m1/s1. The lowest BCUT2D eigenvalue weighted by molar-refractivity contribution is -0.115. The SMILES string of the molecule is Cc1cc([C@H]2C3=CCn4c(=O)n(C)c(=O)n4[C@@H]3CC3=C2C(=O)C(I)=CC3=O)ccc1O. The first-order valence-corrected chi connectivity index (χ1v) is 10.9. The van der Waals surface area contributed by atoms with Gasteiger partial charge < -0.3 is 5.11 Å². The topological polar surface area (TPSA) is 103 Å². The van der Waals surface area contributed by atoms with Crippen LogP contribution in [-0.4, -0.2) is 30.6 Å². The molecule has 2 atom stereocenters. The van der Waals surface area contributed by atoms with Crippen molar-refractivity contribution in [2.75, 3.05) is 0 Å². The van der Waals surface area contributed by atoms with Crippen LogP contribution in [0.4, 0.5) is 0 Å². The zero-order valence-corrected chi connectivity index (χ0v) is 18.9. The van der Waals surface area contributed by atoms with Gasteiger partial charge in [-0.1, -0.05) is 18.2 Å². The van der Waals surface area contributed by atoms with Crippen LogP contribution in [0.3, 0.4) is 0 Å². The molecule has 1 N–H and O–H groups in total. The number of carbonyl (C=O) groups excluding carboxylic acids is 2. The number of halogens is 1. The van der Waals surface area contributed by atoms with E-state index in [-0.39, 0.29) is 30.3 Å². The summed E-state index contributed by atoms with van der Waals surface area (Å²) in [6, 6.07) is 4.55. The number of phenolic OH excluding ortho intramolecular Hbond substituents is 1. The summed E-state index contributed by atoms with van der Waals surface area (Å²) in [6.07, 6.45) is 3.38. The van der Waals surface area contributed by atoms with E-state index in [2.05, 4.69) is 0 Å². The maximum atomic E-state index is 13.2. The van der Waals surface area contributed by atoms with Gasteiger partial charge in [0.15, 0.2) is 11.6 Å². The highest BCUT2D eigenvalue weighted by molar-refractivity contribution is 14.1. The zero-order chi connectivity index (χ0) is 22.2. The maximum Gasteiger partial charge on any atom is 0.347 e. The Kier molecular flexibility index (Phi) is 4.37.